The standard InChI is InChI=1S/C11H20BrNO2/c1-13(7-9-5-3-4-6-9)8-10(12)11(14)15-2/h9-10H,3-8H2,1-2H3. The third kappa shape index (κ3) is 4.51. The van der Waals surface area contributed by atoms with Gasteiger partial charge in [0.05, 0.1) is 7.11 Å². The van der Waals surface area contributed by atoms with Crippen molar-refractivity contribution in [2.75, 3.05) is 27.2 Å². The summed E-state index contributed by atoms with van der Waals surface area (Å²) >= 11 is 3.34. The molecule has 0 heterocycles. The van der Waals surface area contributed by atoms with Crippen LogP contribution < -0.4 is 0 Å². The third-order valence-electron chi connectivity index (χ3n) is 2.97. The lowest BCUT2D eigenvalue weighted by Crippen LogP contribution is -2.34. The first kappa shape index (κ1) is 13.0. The normalized spacial score (nSPS) is 19.5. The zero-order valence-electron chi connectivity index (χ0n) is 9.54. The summed E-state index contributed by atoms with van der Waals surface area (Å²) in [6.07, 6.45) is 5.42. The molecular formula is C11H20BrNO2. The average molecular weight is 278 g/mol. The molecule has 0 aliphatic heterocycles. The van der Waals surface area contributed by atoms with Crippen molar-refractivity contribution in [1.29, 1.82) is 0 Å². The van der Waals surface area contributed by atoms with Crippen molar-refractivity contribution in [2.24, 2.45) is 5.92 Å². The number of hydrogen-bond acceptors (Lipinski definition) is 3. The Hall–Kier alpha value is -0.0900. The maximum atomic E-state index is 11.2. The Bertz CT molecular complexity index is 205. The highest BCUT2D eigenvalue weighted by Crippen LogP contribution is 2.25. The number of carbonyl (C=O) groups excluding carboxylic acids is 1. The van der Waals surface area contributed by atoms with E-state index in [1.54, 1.807) is 0 Å². The van der Waals surface area contributed by atoms with E-state index < -0.39 is 0 Å². The highest BCUT2D eigenvalue weighted by atomic mass is 79.9. The van der Waals surface area contributed by atoms with Gasteiger partial charge >= 0.3 is 5.97 Å². The predicted octanol–water partition coefficient (Wildman–Crippen LogP) is 2.04. The van der Waals surface area contributed by atoms with Gasteiger partial charge in [-0.1, -0.05) is 28.8 Å². The molecule has 0 aromatic heterocycles. The van der Waals surface area contributed by atoms with E-state index in [4.69, 9.17) is 0 Å². The van der Waals surface area contributed by atoms with Gasteiger partial charge in [-0.15, -0.1) is 0 Å². The molecule has 1 aliphatic rings. The van der Waals surface area contributed by atoms with Crippen LogP contribution in [0.5, 0.6) is 0 Å². The van der Waals surface area contributed by atoms with Crippen molar-refractivity contribution < 1.29 is 9.53 Å². The lowest BCUT2D eigenvalue weighted by atomic mass is 10.1. The molecule has 0 aromatic rings. The summed E-state index contributed by atoms with van der Waals surface area (Å²) in [6.45, 7) is 1.82. The van der Waals surface area contributed by atoms with Crippen LogP contribution in [0.15, 0.2) is 0 Å². The van der Waals surface area contributed by atoms with Gasteiger partial charge in [0, 0.05) is 13.1 Å². The molecule has 0 aromatic carbocycles. The Kier molecular flexibility index (Phi) is 5.61. The molecule has 1 fully saturated rings. The summed E-state index contributed by atoms with van der Waals surface area (Å²) in [4.78, 5) is 13.2. The SMILES string of the molecule is COC(=O)C(Br)CN(C)CC1CCCC1. The molecule has 88 valence electrons. The number of carbonyl (C=O) groups is 1. The van der Waals surface area contributed by atoms with Crippen LogP contribution in [0.2, 0.25) is 0 Å². The molecule has 4 heteroatoms. The van der Waals surface area contributed by atoms with Crippen LogP contribution in [0.3, 0.4) is 0 Å². The van der Waals surface area contributed by atoms with Gasteiger partial charge in [0.1, 0.15) is 4.83 Å². The maximum absolute atomic E-state index is 11.2. The van der Waals surface area contributed by atoms with Gasteiger partial charge < -0.3 is 9.64 Å². The van der Waals surface area contributed by atoms with Gasteiger partial charge in [0.25, 0.3) is 0 Å². The van der Waals surface area contributed by atoms with Crippen molar-refractivity contribution >= 4 is 21.9 Å². The first-order valence-electron chi connectivity index (χ1n) is 5.54. The van der Waals surface area contributed by atoms with Crippen molar-refractivity contribution in [3.05, 3.63) is 0 Å². The molecule has 0 radical (unpaired) electrons. The van der Waals surface area contributed by atoms with E-state index in [0.29, 0.717) is 0 Å². The van der Waals surface area contributed by atoms with E-state index >= 15 is 0 Å². The van der Waals surface area contributed by atoms with Gasteiger partial charge in [0.2, 0.25) is 0 Å². The maximum Gasteiger partial charge on any atom is 0.320 e. The molecule has 1 aliphatic carbocycles. The van der Waals surface area contributed by atoms with E-state index in [9.17, 15) is 4.79 Å². The van der Waals surface area contributed by atoms with Gasteiger partial charge in [-0.2, -0.15) is 0 Å². The molecule has 0 spiro atoms. The van der Waals surface area contributed by atoms with Crippen molar-refractivity contribution in [1.82, 2.24) is 4.90 Å². The highest BCUT2D eigenvalue weighted by molar-refractivity contribution is 9.10. The summed E-state index contributed by atoms with van der Waals surface area (Å²) < 4.78 is 4.67. The highest BCUT2D eigenvalue weighted by Gasteiger charge is 2.21. The van der Waals surface area contributed by atoms with Crippen LogP contribution in [0.25, 0.3) is 0 Å². The number of hydrogen-bond donors (Lipinski definition) is 0. The Morgan fingerprint density at radius 3 is 2.67 bits per heavy atom. The van der Waals surface area contributed by atoms with Crippen molar-refractivity contribution in [3.8, 4) is 0 Å². The fourth-order valence-electron chi connectivity index (χ4n) is 2.18. The van der Waals surface area contributed by atoms with Gasteiger partial charge in [0.15, 0.2) is 0 Å². The number of rotatable bonds is 5. The quantitative estimate of drug-likeness (QED) is 0.569. The van der Waals surface area contributed by atoms with E-state index in [0.717, 1.165) is 19.0 Å². The van der Waals surface area contributed by atoms with E-state index in [-0.39, 0.29) is 10.8 Å². The lowest BCUT2D eigenvalue weighted by molar-refractivity contribution is -0.140. The monoisotopic (exact) mass is 277 g/mol. The molecule has 0 N–H and O–H groups in total. The van der Waals surface area contributed by atoms with E-state index in [1.807, 2.05) is 0 Å². The Morgan fingerprint density at radius 2 is 2.13 bits per heavy atom. The van der Waals surface area contributed by atoms with Crippen LogP contribution in [-0.4, -0.2) is 42.9 Å². The second-order valence-corrected chi connectivity index (χ2v) is 5.47. The van der Waals surface area contributed by atoms with Gasteiger partial charge in [-0.3, -0.25) is 4.79 Å². The summed E-state index contributed by atoms with van der Waals surface area (Å²) in [5.74, 6) is 0.639. The minimum absolute atomic E-state index is 0.187. The molecule has 0 bridgehead atoms. The van der Waals surface area contributed by atoms with Gasteiger partial charge in [-0.25, -0.2) is 0 Å². The van der Waals surface area contributed by atoms with Crippen molar-refractivity contribution in [3.63, 3.8) is 0 Å². The summed E-state index contributed by atoms with van der Waals surface area (Å²) in [6, 6.07) is 0. The fraction of sp³-hybridized carbons (Fsp3) is 0.909. The molecule has 0 saturated heterocycles. The number of alkyl halides is 1. The largest absolute Gasteiger partial charge is 0.468 e. The van der Waals surface area contributed by atoms with Crippen LogP contribution >= 0.6 is 15.9 Å². The summed E-state index contributed by atoms with van der Waals surface area (Å²) in [5.41, 5.74) is 0. The Balaban J connectivity index is 2.22. The average Bonchev–Trinajstić information content (AvgIpc) is 2.68. The number of halogens is 1. The van der Waals surface area contributed by atoms with Crippen LogP contribution in [0.4, 0.5) is 0 Å². The second-order valence-electron chi connectivity index (χ2n) is 4.36. The first-order chi connectivity index (χ1) is 7.13. The van der Waals surface area contributed by atoms with Crippen molar-refractivity contribution in [2.45, 2.75) is 30.5 Å². The first-order valence-corrected chi connectivity index (χ1v) is 6.45. The van der Waals surface area contributed by atoms with Crippen LogP contribution in [-0.2, 0) is 9.53 Å². The number of ether oxygens (including phenoxy) is 1. The molecule has 15 heavy (non-hydrogen) atoms. The second kappa shape index (κ2) is 6.48. The predicted molar refractivity (Wildman–Crippen MR) is 64.2 cm³/mol. The summed E-state index contributed by atoms with van der Waals surface area (Å²) in [5, 5.41) is 0. The zero-order chi connectivity index (χ0) is 11.3. The minimum atomic E-state index is -0.200. The minimum Gasteiger partial charge on any atom is -0.468 e. The number of esters is 1. The lowest BCUT2D eigenvalue weighted by Gasteiger charge is -2.22. The molecule has 1 atom stereocenters. The van der Waals surface area contributed by atoms with Crippen LogP contribution in [0.1, 0.15) is 25.7 Å². The third-order valence-corrected chi connectivity index (χ3v) is 3.64. The Morgan fingerprint density at radius 1 is 1.53 bits per heavy atom. The van der Waals surface area contributed by atoms with E-state index in [1.165, 1.54) is 32.8 Å². The number of nitrogens with zero attached hydrogens (tertiary/aromatic N) is 1. The fourth-order valence-corrected chi connectivity index (χ4v) is 2.87. The topological polar surface area (TPSA) is 29.5 Å². The molecular weight excluding hydrogens is 258 g/mol. The van der Waals surface area contributed by atoms with Gasteiger partial charge in [-0.05, 0) is 25.8 Å². The number of methoxy groups -OCH3 is 1. The van der Waals surface area contributed by atoms with E-state index in [2.05, 4.69) is 32.6 Å². The zero-order valence-corrected chi connectivity index (χ0v) is 11.1. The Labute approximate surface area is 100 Å². The smallest absolute Gasteiger partial charge is 0.320 e. The van der Waals surface area contributed by atoms with Crippen LogP contribution in [0, 0.1) is 5.92 Å². The molecule has 0 amide bonds. The molecule has 3 nitrogen and oxygen atoms in total. The summed E-state index contributed by atoms with van der Waals surface area (Å²) in [7, 11) is 3.49. The molecule has 1 unspecified atom stereocenters. The molecule has 1 saturated carbocycles. The molecule has 1 rings (SSSR count).